The fraction of sp³-hybridized carbons (Fsp3) is 0.556. The topological polar surface area (TPSA) is 72.8 Å². The third-order valence-electron chi connectivity index (χ3n) is 10.8. The molecular formula is C63H98O5. The van der Waals surface area contributed by atoms with Crippen LogP contribution in [-0.4, -0.2) is 36.4 Å². The first-order chi connectivity index (χ1) is 33.6. The molecule has 0 radical (unpaired) electrons. The molecule has 0 spiro atoms. The van der Waals surface area contributed by atoms with Crippen LogP contribution in [0.3, 0.4) is 0 Å². The van der Waals surface area contributed by atoms with Crippen molar-refractivity contribution in [2.24, 2.45) is 0 Å². The van der Waals surface area contributed by atoms with Crippen LogP contribution < -0.4 is 0 Å². The maximum absolute atomic E-state index is 12.3. The van der Waals surface area contributed by atoms with Gasteiger partial charge < -0.3 is 14.6 Å². The van der Waals surface area contributed by atoms with E-state index in [4.69, 9.17) is 9.47 Å². The Morgan fingerprint density at radius 3 is 0.897 bits per heavy atom. The second kappa shape index (κ2) is 56.8. The minimum atomic E-state index is -0.801. The van der Waals surface area contributed by atoms with Gasteiger partial charge in [-0.2, -0.15) is 0 Å². The normalized spacial score (nSPS) is 13.5. The van der Waals surface area contributed by atoms with Crippen molar-refractivity contribution in [3.05, 3.63) is 158 Å². The average molecular weight is 935 g/mol. The molecule has 0 rings (SSSR count). The first-order valence-electron chi connectivity index (χ1n) is 27.0. The summed E-state index contributed by atoms with van der Waals surface area (Å²) in [7, 11) is 0. The zero-order chi connectivity index (χ0) is 49.2. The summed E-state index contributed by atoms with van der Waals surface area (Å²) in [5.41, 5.74) is 0. The number of rotatable bonds is 47. The summed E-state index contributed by atoms with van der Waals surface area (Å²) in [4.78, 5) is 24.5. The third-order valence-corrected chi connectivity index (χ3v) is 10.8. The third kappa shape index (κ3) is 54.1. The Kier molecular flexibility index (Phi) is 53.1. The lowest BCUT2D eigenvalue weighted by Crippen LogP contribution is -2.28. The van der Waals surface area contributed by atoms with Gasteiger partial charge >= 0.3 is 11.9 Å². The van der Waals surface area contributed by atoms with Gasteiger partial charge in [-0.1, -0.05) is 230 Å². The summed E-state index contributed by atoms with van der Waals surface area (Å²) < 4.78 is 10.7. The molecule has 1 unspecified atom stereocenters. The minimum Gasteiger partial charge on any atom is -0.462 e. The number of ether oxygens (including phenoxy) is 2. The summed E-state index contributed by atoms with van der Waals surface area (Å²) in [6.07, 6.45) is 87.7. The van der Waals surface area contributed by atoms with Crippen molar-refractivity contribution in [3.8, 4) is 0 Å². The monoisotopic (exact) mass is 935 g/mol. The van der Waals surface area contributed by atoms with E-state index in [1.165, 1.54) is 51.4 Å². The number of esters is 2. The molecule has 0 aromatic heterocycles. The van der Waals surface area contributed by atoms with Gasteiger partial charge in [-0.25, -0.2) is 0 Å². The van der Waals surface area contributed by atoms with Crippen LogP contribution in [-0.2, 0) is 19.1 Å². The number of carbonyl (C=O) groups is 2. The number of hydrogen-bond acceptors (Lipinski definition) is 5. The van der Waals surface area contributed by atoms with Gasteiger partial charge in [0.25, 0.3) is 0 Å². The van der Waals surface area contributed by atoms with Crippen molar-refractivity contribution in [1.82, 2.24) is 0 Å². The lowest BCUT2D eigenvalue weighted by molar-refractivity contribution is -0.161. The first kappa shape index (κ1) is 63.5. The number of carbonyl (C=O) groups excluding carboxylic acids is 2. The number of unbranched alkanes of at least 4 members (excludes halogenated alkanes) is 13. The minimum absolute atomic E-state index is 0.0950. The predicted octanol–water partition coefficient (Wildman–Crippen LogP) is 18.4. The van der Waals surface area contributed by atoms with Gasteiger partial charge in [0, 0.05) is 12.8 Å². The van der Waals surface area contributed by atoms with E-state index in [2.05, 4.69) is 172 Å². The molecule has 0 aromatic carbocycles. The van der Waals surface area contributed by atoms with Crippen molar-refractivity contribution in [2.75, 3.05) is 13.2 Å². The Morgan fingerprint density at radius 1 is 0.338 bits per heavy atom. The van der Waals surface area contributed by atoms with Crippen molar-refractivity contribution in [3.63, 3.8) is 0 Å². The highest BCUT2D eigenvalue weighted by Crippen LogP contribution is 2.13. The Bertz CT molecular complexity index is 1520. The maximum atomic E-state index is 12.3. The molecule has 380 valence electrons. The van der Waals surface area contributed by atoms with E-state index in [0.29, 0.717) is 12.8 Å². The van der Waals surface area contributed by atoms with E-state index in [0.717, 1.165) is 128 Å². The van der Waals surface area contributed by atoms with Crippen LogP contribution in [0.15, 0.2) is 158 Å². The van der Waals surface area contributed by atoms with Gasteiger partial charge in [0.1, 0.15) is 6.61 Å². The SMILES string of the molecule is CC/C=C\C/C=C\C/C=C\C/C=C\C/C=C\C/C=C\C/C=C\C/C=C\CCCCCCCCCCCCC(=O)OC(CO)COC(=O)CCCCC/C=C\C/C=C\C/C=C\C/C=C\C/C=C\CC. The molecule has 5 nitrogen and oxygen atoms in total. The number of aliphatic hydroxyl groups is 1. The van der Waals surface area contributed by atoms with E-state index >= 15 is 0 Å². The summed E-state index contributed by atoms with van der Waals surface area (Å²) in [5.74, 6) is -0.645. The molecule has 1 atom stereocenters. The molecule has 0 fully saturated rings. The zero-order valence-electron chi connectivity index (χ0n) is 43.3. The zero-order valence-corrected chi connectivity index (χ0v) is 43.3. The van der Waals surface area contributed by atoms with Crippen LogP contribution in [0, 0.1) is 0 Å². The molecule has 5 heteroatoms. The van der Waals surface area contributed by atoms with E-state index in [9.17, 15) is 14.7 Å². The quantitative estimate of drug-likeness (QED) is 0.0374. The summed E-state index contributed by atoms with van der Waals surface area (Å²) >= 11 is 0. The van der Waals surface area contributed by atoms with Gasteiger partial charge in [0.2, 0.25) is 0 Å². The Morgan fingerprint density at radius 2 is 0.588 bits per heavy atom. The van der Waals surface area contributed by atoms with Crippen LogP contribution >= 0.6 is 0 Å². The fourth-order valence-corrected chi connectivity index (χ4v) is 6.83. The smallest absolute Gasteiger partial charge is 0.306 e. The van der Waals surface area contributed by atoms with Crippen molar-refractivity contribution >= 4 is 11.9 Å². The second-order valence-corrected chi connectivity index (χ2v) is 17.2. The van der Waals surface area contributed by atoms with E-state index < -0.39 is 6.10 Å². The van der Waals surface area contributed by atoms with Crippen molar-refractivity contribution in [1.29, 1.82) is 0 Å². The van der Waals surface area contributed by atoms with Crippen molar-refractivity contribution < 1.29 is 24.2 Å². The molecule has 1 N–H and O–H groups in total. The molecule has 68 heavy (non-hydrogen) atoms. The standard InChI is InChI=1S/C63H98O5/c1-3-5-7-9-11-13-15-17-19-21-23-24-25-26-27-28-29-30-31-32-33-34-35-36-37-38-40-42-44-46-48-50-52-54-56-58-63(66)68-61(59-64)60-67-62(65)57-55-53-51-49-47-45-43-41-39-22-20-18-16-14-12-10-8-6-4-2/h5-8,11-14,17-20,23-24,26-27,29-30,32-33,35-36,39,41,45,47,61,64H,3-4,9-10,15-16,21-22,25,28,31,34,37-38,40,42-44,46,48-60H2,1-2H3/b7-5-,8-6-,13-11-,14-12-,19-17-,20-18-,24-23-,27-26-,30-29-,33-32-,36-35-,41-39-,47-45-. The van der Waals surface area contributed by atoms with Gasteiger partial charge in [-0.15, -0.1) is 0 Å². The first-order valence-corrected chi connectivity index (χ1v) is 27.0. The average Bonchev–Trinajstić information content (AvgIpc) is 3.34. The van der Waals surface area contributed by atoms with E-state index in [1.807, 2.05) is 0 Å². The van der Waals surface area contributed by atoms with Crippen LogP contribution in [0.4, 0.5) is 0 Å². The lowest BCUT2D eigenvalue weighted by atomic mass is 10.0. The fourth-order valence-electron chi connectivity index (χ4n) is 6.83. The molecule has 0 saturated carbocycles. The molecular weight excluding hydrogens is 837 g/mol. The predicted molar refractivity (Wildman–Crippen MR) is 297 cm³/mol. The summed E-state index contributed by atoms with van der Waals surface area (Å²) in [5, 5.41) is 9.63. The van der Waals surface area contributed by atoms with E-state index in [-0.39, 0.29) is 25.2 Å². The van der Waals surface area contributed by atoms with Gasteiger partial charge in [-0.3, -0.25) is 9.59 Å². The number of hydrogen-bond donors (Lipinski definition) is 1. The van der Waals surface area contributed by atoms with Crippen LogP contribution in [0.2, 0.25) is 0 Å². The van der Waals surface area contributed by atoms with Crippen molar-refractivity contribution in [2.45, 2.75) is 213 Å². The number of aliphatic hydroxyl groups excluding tert-OH is 1. The summed E-state index contributed by atoms with van der Waals surface area (Å²) in [6.45, 7) is 3.87. The molecule has 0 aliphatic carbocycles. The highest BCUT2D eigenvalue weighted by Gasteiger charge is 2.16. The Labute approximate surface area is 418 Å². The van der Waals surface area contributed by atoms with Gasteiger partial charge in [-0.05, 0) is 122 Å². The molecule has 0 amide bonds. The molecule has 0 heterocycles. The van der Waals surface area contributed by atoms with Crippen LogP contribution in [0.1, 0.15) is 206 Å². The van der Waals surface area contributed by atoms with Crippen LogP contribution in [0.5, 0.6) is 0 Å². The highest BCUT2D eigenvalue weighted by molar-refractivity contribution is 5.70. The highest BCUT2D eigenvalue weighted by atomic mass is 16.6. The number of allylic oxidation sites excluding steroid dienone is 26. The molecule has 0 aliphatic rings. The molecule has 0 aromatic rings. The summed E-state index contributed by atoms with van der Waals surface area (Å²) in [6, 6.07) is 0. The molecule has 0 aliphatic heterocycles. The largest absolute Gasteiger partial charge is 0.462 e. The van der Waals surface area contributed by atoms with Gasteiger partial charge in [0.15, 0.2) is 6.10 Å². The van der Waals surface area contributed by atoms with E-state index in [1.54, 1.807) is 0 Å². The maximum Gasteiger partial charge on any atom is 0.306 e. The Hall–Kier alpha value is -4.48. The van der Waals surface area contributed by atoms with Gasteiger partial charge in [0.05, 0.1) is 6.61 Å². The molecule has 0 bridgehead atoms. The van der Waals surface area contributed by atoms with Crippen LogP contribution in [0.25, 0.3) is 0 Å². The lowest BCUT2D eigenvalue weighted by Gasteiger charge is -2.15. The Balaban J connectivity index is 3.63. The molecule has 0 saturated heterocycles. The second-order valence-electron chi connectivity index (χ2n) is 17.2.